The van der Waals surface area contributed by atoms with Crippen molar-refractivity contribution in [3.05, 3.63) is 29.3 Å². The molecule has 1 rings (SSSR count). The summed E-state index contributed by atoms with van der Waals surface area (Å²) in [5, 5.41) is 3.51. The Bertz CT molecular complexity index is 379. The van der Waals surface area contributed by atoms with Crippen molar-refractivity contribution >= 4 is 0 Å². The molecule has 108 valence electrons. The molecule has 1 aromatic rings. The van der Waals surface area contributed by atoms with Crippen LogP contribution < -0.4 is 10.1 Å². The average Bonchev–Trinajstić information content (AvgIpc) is 2.38. The van der Waals surface area contributed by atoms with E-state index in [1.165, 1.54) is 11.1 Å². The van der Waals surface area contributed by atoms with Crippen LogP contribution in [0.15, 0.2) is 18.2 Å². The van der Waals surface area contributed by atoms with Gasteiger partial charge in [-0.3, -0.25) is 0 Å². The molecule has 0 aliphatic heterocycles. The molecule has 3 heteroatoms. The fraction of sp³-hybridized carbons (Fsp3) is 0.625. The van der Waals surface area contributed by atoms with Gasteiger partial charge in [0.2, 0.25) is 0 Å². The second-order valence-electron chi connectivity index (χ2n) is 5.10. The van der Waals surface area contributed by atoms with E-state index in [0.29, 0.717) is 12.6 Å². The Morgan fingerprint density at radius 1 is 1.26 bits per heavy atom. The predicted molar refractivity (Wildman–Crippen MR) is 79.9 cm³/mol. The minimum absolute atomic E-state index is 0.0600. The molecule has 0 aromatic heterocycles. The van der Waals surface area contributed by atoms with E-state index >= 15 is 0 Å². The van der Waals surface area contributed by atoms with Crippen LogP contribution in [0.25, 0.3) is 0 Å². The van der Waals surface area contributed by atoms with Gasteiger partial charge in [0, 0.05) is 18.7 Å². The Morgan fingerprint density at radius 2 is 2.00 bits per heavy atom. The van der Waals surface area contributed by atoms with Crippen molar-refractivity contribution < 1.29 is 9.47 Å². The molecule has 0 radical (unpaired) electrons. The topological polar surface area (TPSA) is 30.5 Å². The monoisotopic (exact) mass is 265 g/mol. The molecule has 1 aromatic carbocycles. The number of benzene rings is 1. The van der Waals surface area contributed by atoms with E-state index in [4.69, 9.17) is 9.47 Å². The van der Waals surface area contributed by atoms with Crippen LogP contribution in [0.1, 0.15) is 44.4 Å². The molecule has 3 nitrogen and oxygen atoms in total. The van der Waals surface area contributed by atoms with Crippen LogP contribution in [-0.2, 0) is 4.74 Å². The SMILES string of the molecule is CCCNC(C)c1cc(C)ccc1OC(C)COC. The maximum atomic E-state index is 5.98. The highest BCUT2D eigenvalue weighted by atomic mass is 16.5. The van der Waals surface area contributed by atoms with Gasteiger partial charge in [0.25, 0.3) is 0 Å². The Hall–Kier alpha value is -1.06. The Morgan fingerprint density at radius 3 is 2.63 bits per heavy atom. The van der Waals surface area contributed by atoms with Gasteiger partial charge >= 0.3 is 0 Å². The summed E-state index contributed by atoms with van der Waals surface area (Å²) >= 11 is 0. The van der Waals surface area contributed by atoms with E-state index in [0.717, 1.165) is 18.7 Å². The molecule has 0 amide bonds. The molecular weight excluding hydrogens is 238 g/mol. The normalized spacial score (nSPS) is 14.2. The van der Waals surface area contributed by atoms with Gasteiger partial charge in [-0.15, -0.1) is 0 Å². The van der Waals surface area contributed by atoms with Crippen LogP contribution in [0.4, 0.5) is 0 Å². The molecule has 0 fully saturated rings. The quantitative estimate of drug-likeness (QED) is 0.780. The van der Waals surface area contributed by atoms with Gasteiger partial charge in [-0.2, -0.15) is 0 Å². The van der Waals surface area contributed by atoms with E-state index in [2.05, 4.69) is 44.3 Å². The van der Waals surface area contributed by atoms with E-state index < -0.39 is 0 Å². The number of ether oxygens (including phenoxy) is 2. The van der Waals surface area contributed by atoms with Crippen molar-refractivity contribution in [1.82, 2.24) is 5.32 Å². The van der Waals surface area contributed by atoms with Gasteiger partial charge < -0.3 is 14.8 Å². The van der Waals surface area contributed by atoms with E-state index in [-0.39, 0.29) is 6.10 Å². The van der Waals surface area contributed by atoms with Crippen LogP contribution in [0.2, 0.25) is 0 Å². The second-order valence-corrected chi connectivity index (χ2v) is 5.10. The number of aryl methyl sites for hydroxylation is 1. The molecule has 19 heavy (non-hydrogen) atoms. The summed E-state index contributed by atoms with van der Waals surface area (Å²) in [6, 6.07) is 6.64. The first-order chi connectivity index (χ1) is 9.08. The van der Waals surface area contributed by atoms with E-state index in [1.54, 1.807) is 7.11 Å². The van der Waals surface area contributed by atoms with Gasteiger partial charge in [0.15, 0.2) is 0 Å². The number of rotatable bonds is 8. The summed E-state index contributed by atoms with van der Waals surface area (Å²) in [6.45, 7) is 10.1. The van der Waals surface area contributed by atoms with Crippen molar-refractivity contribution in [3.63, 3.8) is 0 Å². The van der Waals surface area contributed by atoms with Crippen LogP contribution in [0.3, 0.4) is 0 Å². The van der Waals surface area contributed by atoms with Gasteiger partial charge in [-0.1, -0.05) is 24.6 Å². The first-order valence-electron chi connectivity index (χ1n) is 7.08. The third-order valence-corrected chi connectivity index (χ3v) is 3.06. The lowest BCUT2D eigenvalue weighted by Crippen LogP contribution is -2.23. The maximum Gasteiger partial charge on any atom is 0.124 e. The average molecular weight is 265 g/mol. The lowest BCUT2D eigenvalue weighted by molar-refractivity contribution is 0.0910. The summed E-state index contributed by atoms with van der Waals surface area (Å²) in [7, 11) is 1.70. The predicted octanol–water partition coefficient (Wildman–Crippen LogP) is 3.47. The van der Waals surface area contributed by atoms with Crippen molar-refractivity contribution in [2.75, 3.05) is 20.3 Å². The molecule has 0 aliphatic carbocycles. The first-order valence-corrected chi connectivity index (χ1v) is 7.08. The standard InChI is InChI=1S/C16H27NO2/c1-6-9-17-14(4)15-10-12(2)7-8-16(15)19-13(3)11-18-5/h7-8,10,13-14,17H,6,9,11H2,1-5H3. The van der Waals surface area contributed by atoms with Crippen molar-refractivity contribution in [3.8, 4) is 5.75 Å². The second kappa shape index (κ2) is 8.18. The van der Waals surface area contributed by atoms with Gasteiger partial charge in [0.1, 0.15) is 11.9 Å². The Labute approximate surface area is 117 Å². The lowest BCUT2D eigenvalue weighted by Gasteiger charge is -2.21. The highest BCUT2D eigenvalue weighted by Crippen LogP contribution is 2.27. The number of hydrogen-bond acceptors (Lipinski definition) is 3. The molecule has 0 saturated heterocycles. The maximum absolute atomic E-state index is 5.98. The molecule has 0 spiro atoms. The van der Waals surface area contributed by atoms with Crippen LogP contribution in [0.5, 0.6) is 5.75 Å². The van der Waals surface area contributed by atoms with Crippen molar-refractivity contribution in [2.45, 2.75) is 46.3 Å². The van der Waals surface area contributed by atoms with Crippen molar-refractivity contribution in [2.24, 2.45) is 0 Å². The number of methoxy groups -OCH3 is 1. The summed E-state index contributed by atoms with van der Waals surface area (Å²) in [5.74, 6) is 0.950. The highest BCUT2D eigenvalue weighted by Gasteiger charge is 2.13. The molecule has 2 atom stereocenters. The largest absolute Gasteiger partial charge is 0.488 e. The summed E-state index contributed by atoms with van der Waals surface area (Å²) in [6.07, 6.45) is 1.19. The fourth-order valence-electron chi connectivity index (χ4n) is 2.07. The Kier molecular flexibility index (Phi) is 6.89. The van der Waals surface area contributed by atoms with Gasteiger partial charge in [-0.05, 0) is 39.8 Å². The van der Waals surface area contributed by atoms with Gasteiger partial charge in [0.05, 0.1) is 6.61 Å². The molecule has 0 aliphatic rings. The molecule has 1 N–H and O–H groups in total. The zero-order valence-electron chi connectivity index (χ0n) is 12.8. The first kappa shape index (κ1) is 16.0. The molecule has 0 saturated carbocycles. The summed E-state index contributed by atoms with van der Waals surface area (Å²) in [5.41, 5.74) is 2.48. The zero-order chi connectivity index (χ0) is 14.3. The smallest absolute Gasteiger partial charge is 0.124 e. The van der Waals surface area contributed by atoms with Crippen LogP contribution in [-0.4, -0.2) is 26.4 Å². The summed E-state index contributed by atoms with van der Waals surface area (Å²) < 4.78 is 11.1. The third-order valence-electron chi connectivity index (χ3n) is 3.06. The number of hydrogen-bond donors (Lipinski definition) is 1. The van der Waals surface area contributed by atoms with Crippen LogP contribution in [0, 0.1) is 6.92 Å². The highest BCUT2D eigenvalue weighted by molar-refractivity contribution is 5.39. The fourth-order valence-corrected chi connectivity index (χ4v) is 2.07. The lowest BCUT2D eigenvalue weighted by atomic mass is 10.0. The summed E-state index contributed by atoms with van der Waals surface area (Å²) in [4.78, 5) is 0. The van der Waals surface area contributed by atoms with Crippen LogP contribution >= 0.6 is 0 Å². The molecule has 0 heterocycles. The minimum atomic E-state index is 0.0600. The Balaban J connectivity index is 2.84. The molecule has 2 unspecified atom stereocenters. The molecular formula is C16H27NO2. The van der Waals surface area contributed by atoms with E-state index in [1.807, 2.05) is 6.92 Å². The van der Waals surface area contributed by atoms with Gasteiger partial charge in [-0.25, -0.2) is 0 Å². The zero-order valence-corrected chi connectivity index (χ0v) is 12.8. The minimum Gasteiger partial charge on any atom is -0.488 e. The third kappa shape index (κ3) is 5.21. The number of nitrogens with one attached hydrogen (secondary N) is 1. The molecule has 0 bridgehead atoms. The van der Waals surface area contributed by atoms with Crippen molar-refractivity contribution in [1.29, 1.82) is 0 Å². The van der Waals surface area contributed by atoms with E-state index in [9.17, 15) is 0 Å².